The quantitative estimate of drug-likeness (QED) is 0.443. The second kappa shape index (κ2) is 1.56. The molecule has 0 aromatic rings. The van der Waals surface area contributed by atoms with Gasteiger partial charge in [-0.25, -0.2) is 0 Å². The summed E-state index contributed by atoms with van der Waals surface area (Å²) in [5.41, 5.74) is 0. The van der Waals surface area contributed by atoms with Gasteiger partial charge in [-0.2, -0.15) is 0 Å². The van der Waals surface area contributed by atoms with Crippen LogP contribution >= 0.6 is 7.81 Å². The molecule has 0 aromatic heterocycles. The van der Waals surface area contributed by atoms with E-state index in [1.165, 1.54) is 0 Å². The second-order valence-corrected chi connectivity index (χ2v) is 2.87. The Morgan fingerprint density at radius 2 is 0.750 bits per heavy atom. The van der Waals surface area contributed by atoms with Crippen LogP contribution in [0.25, 0.3) is 0 Å². The smallest absolute Gasteiger partial charge is 0 e. The van der Waals surface area contributed by atoms with Gasteiger partial charge in [0.1, 0.15) is 0 Å². The molecule has 0 saturated carbocycles. The SMILES string of the molecule is F[P-](F)(F)(F)(F)F.[H+].[U]. The molecule has 0 saturated heterocycles. The minimum Gasteiger partial charge on any atom is 0 e. The molecule has 0 rings (SSSR count). The molecule has 0 aliphatic carbocycles. The maximum absolute atomic E-state index is 10.7. The average molecular weight is 384 g/mol. The largest absolute Gasteiger partial charge is 1.00 e. The molecular formula is HF6PU. The van der Waals surface area contributed by atoms with Crippen LogP contribution in [0, 0.1) is 31.1 Å². The third-order valence-electron chi connectivity index (χ3n) is 0. The van der Waals surface area contributed by atoms with Gasteiger partial charge >= 0.3 is 34.4 Å². The van der Waals surface area contributed by atoms with E-state index < -0.39 is 7.81 Å². The van der Waals surface area contributed by atoms with E-state index in [1.807, 2.05) is 0 Å². The van der Waals surface area contributed by atoms with Gasteiger partial charge in [0.2, 0.25) is 0 Å². The predicted octanol–water partition coefficient (Wildman–Crippen LogP) is 3.49. The first-order valence-electron chi connectivity index (χ1n) is 1.01. The van der Waals surface area contributed by atoms with Crippen LogP contribution in [0.15, 0.2) is 0 Å². The van der Waals surface area contributed by atoms with Crippen molar-refractivity contribution in [3.8, 4) is 0 Å². The molecule has 0 nitrogen and oxygen atoms in total. The zero-order valence-corrected chi connectivity index (χ0v) is 8.27. The zero-order chi connectivity index (χ0) is 6.41. The van der Waals surface area contributed by atoms with Gasteiger partial charge in [0.15, 0.2) is 0 Å². The van der Waals surface area contributed by atoms with Crippen LogP contribution in [0.2, 0.25) is 0 Å². The van der Waals surface area contributed by atoms with Crippen molar-refractivity contribution in [3.05, 3.63) is 0 Å². The van der Waals surface area contributed by atoms with Crippen molar-refractivity contribution in [3.63, 3.8) is 0 Å². The first-order chi connectivity index (χ1) is 2.45. The summed E-state index contributed by atoms with van der Waals surface area (Å²) in [4.78, 5) is 0. The van der Waals surface area contributed by atoms with Crippen molar-refractivity contribution in [1.82, 2.24) is 0 Å². The van der Waals surface area contributed by atoms with Gasteiger partial charge in [0, 0.05) is 31.1 Å². The second-order valence-electron chi connectivity index (χ2n) is 0.958. The Bertz CT molecular complexity index is 71.6. The zero-order valence-electron chi connectivity index (χ0n) is 4.22. The standard InChI is InChI=1S/F6P.U/c1-7(2,3,4,5)6;/q-1;/p+1. The minimum absolute atomic E-state index is 0. The van der Waals surface area contributed by atoms with Crippen molar-refractivity contribution in [2.75, 3.05) is 0 Å². The fourth-order valence-electron chi connectivity index (χ4n) is 0. The minimum atomic E-state index is -10.7. The summed E-state index contributed by atoms with van der Waals surface area (Å²) < 4.78 is 59.2. The Balaban J connectivity index is -0.000000180. The molecule has 0 atom stereocenters. The van der Waals surface area contributed by atoms with Crippen LogP contribution in [0.5, 0.6) is 0 Å². The summed E-state index contributed by atoms with van der Waals surface area (Å²) in [5.74, 6) is 0. The molecule has 0 fully saturated rings. The van der Waals surface area contributed by atoms with Crippen LogP contribution in [-0.4, -0.2) is 0 Å². The number of halogens is 6. The maximum atomic E-state index is 9.87. The van der Waals surface area contributed by atoms with Gasteiger partial charge in [0.25, 0.3) is 0 Å². The Morgan fingerprint density at radius 1 is 0.750 bits per heavy atom. The van der Waals surface area contributed by atoms with Gasteiger partial charge in [-0.15, -0.1) is 0 Å². The van der Waals surface area contributed by atoms with Gasteiger partial charge < -0.3 is 0 Å². The predicted molar refractivity (Wildman–Crippen MR) is 14.7 cm³/mol. The fourth-order valence-corrected chi connectivity index (χ4v) is 0. The molecular weight excluding hydrogens is 383 g/mol. The number of rotatable bonds is 0. The van der Waals surface area contributed by atoms with Crippen molar-refractivity contribution in [2.45, 2.75) is 0 Å². The van der Waals surface area contributed by atoms with Gasteiger partial charge in [0.05, 0.1) is 0 Å². The molecule has 0 amide bonds. The molecule has 0 spiro atoms. The summed E-state index contributed by atoms with van der Waals surface area (Å²) >= 11 is 0. The normalized spacial score (nSPS) is 20.2. The van der Waals surface area contributed by atoms with Crippen LogP contribution in [0.4, 0.5) is 25.2 Å². The average Bonchev–Trinajstić information content (AvgIpc) is 0.592. The molecule has 0 N–H and O–H groups in total. The van der Waals surface area contributed by atoms with Gasteiger partial charge in [-0.3, -0.25) is 0 Å². The molecule has 0 unspecified atom stereocenters. The maximum Gasteiger partial charge on any atom is 1.00 e. The summed E-state index contributed by atoms with van der Waals surface area (Å²) in [6.45, 7) is 0. The molecule has 52 valence electrons. The Morgan fingerprint density at radius 3 is 0.750 bits per heavy atom. The van der Waals surface area contributed by atoms with E-state index in [9.17, 15) is 25.2 Å². The molecule has 0 aromatic carbocycles. The van der Waals surface area contributed by atoms with Crippen molar-refractivity contribution < 1.29 is 57.7 Å². The van der Waals surface area contributed by atoms with E-state index in [0.717, 1.165) is 0 Å². The molecule has 8 heteroatoms. The molecule has 8 heavy (non-hydrogen) atoms. The monoisotopic (exact) mass is 384 g/mol. The van der Waals surface area contributed by atoms with E-state index in [2.05, 4.69) is 0 Å². The van der Waals surface area contributed by atoms with E-state index in [1.54, 1.807) is 0 Å². The van der Waals surface area contributed by atoms with Gasteiger partial charge in [-0.1, -0.05) is 0 Å². The number of hydrogen-bond donors (Lipinski definition) is 0. The summed E-state index contributed by atoms with van der Waals surface area (Å²) in [6.07, 6.45) is 0. The molecule has 0 bridgehead atoms. The van der Waals surface area contributed by atoms with E-state index in [0.29, 0.717) is 0 Å². The van der Waals surface area contributed by atoms with E-state index >= 15 is 0 Å². The topological polar surface area (TPSA) is 0 Å². The van der Waals surface area contributed by atoms with E-state index in [-0.39, 0.29) is 32.5 Å². The van der Waals surface area contributed by atoms with Crippen molar-refractivity contribution in [1.29, 1.82) is 0 Å². The molecule has 0 aliphatic heterocycles. The first-order valence-corrected chi connectivity index (χ1v) is 3.04. The third-order valence-corrected chi connectivity index (χ3v) is 0. The Labute approximate surface area is 65.7 Å². The third kappa shape index (κ3) is 230. The van der Waals surface area contributed by atoms with Gasteiger partial charge in [-0.05, 0) is 0 Å². The Hall–Kier alpha value is 1.06. The van der Waals surface area contributed by atoms with Crippen LogP contribution in [0.1, 0.15) is 1.43 Å². The van der Waals surface area contributed by atoms with E-state index in [4.69, 9.17) is 0 Å². The molecule has 0 aliphatic rings. The Kier molecular flexibility index (Phi) is 2.30. The van der Waals surface area contributed by atoms with Crippen LogP contribution in [0.3, 0.4) is 0 Å². The summed E-state index contributed by atoms with van der Waals surface area (Å²) in [5, 5.41) is 0. The summed E-state index contributed by atoms with van der Waals surface area (Å²) in [6, 6.07) is 0. The van der Waals surface area contributed by atoms with Crippen LogP contribution in [-0.2, 0) is 0 Å². The number of hydrogen-bond acceptors (Lipinski definition) is 0. The van der Waals surface area contributed by atoms with Crippen molar-refractivity contribution >= 4 is 7.81 Å². The molecule has 0 heterocycles. The first kappa shape index (κ1) is 11.8. The summed E-state index contributed by atoms with van der Waals surface area (Å²) in [7, 11) is -10.7. The molecule has 0 radical (unpaired) electrons. The van der Waals surface area contributed by atoms with Crippen LogP contribution < -0.4 is 0 Å². The fraction of sp³-hybridized carbons (Fsp3) is 0. The van der Waals surface area contributed by atoms with Crippen molar-refractivity contribution in [2.24, 2.45) is 0 Å².